The molecule has 0 fully saturated rings. The molecule has 1 N–H and O–H groups in total. The fourth-order valence-electron chi connectivity index (χ4n) is 3.39. The molecule has 164 valence electrons. The molecular formula is C23H28N4O4. The average Bonchev–Trinajstić information content (AvgIpc) is 2.77. The standard InChI is InChI=1S/C23H28N4O4/c1-5-7-13-31-17-11-9-15(10-12-17)21(28)25-19-16(8-6-2)14-24-20-18(19)22(29)27(4)23(30)26(20)3/h9-12,14H,5-8,13H2,1-4H3,(H,24,25,28). The van der Waals surface area contributed by atoms with Crippen molar-refractivity contribution in [3.05, 3.63) is 62.4 Å². The molecule has 0 aliphatic heterocycles. The summed E-state index contributed by atoms with van der Waals surface area (Å²) in [6, 6.07) is 6.89. The molecule has 0 bridgehead atoms. The summed E-state index contributed by atoms with van der Waals surface area (Å²) in [6.45, 7) is 4.73. The lowest BCUT2D eigenvalue weighted by Crippen LogP contribution is -2.38. The van der Waals surface area contributed by atoms with Gasteiger partial charge in [-0.1, -0.05) is 26.7 Å². The van der Waals surface area contributed by atoms with Gasteiger partial charge in [0, 0.05) is 25.9 Å². The first-order valence-electron chi connectivity index (χ1n) is 10.5. The fourth-order valence-corrected chi connectivity index (χ4v) is 3.39. The van der Waals surface area contributed by atoms with E-state index in [0.29, 0.717) is 30.0 Å². The second-order valence-corrected chi connectivity index (χ2v) is 7.49. The van der Waals surface area contributed by atoms with E-state index in [1.165, 1.54) is 11.6 Å². The molecule has 2 aromatic heterocycles. The van der Waals surface area contributed by atoms with E-state index in [0.717, 1.165) is 29.4 Å². The van der Waals surface area contributed by atoms with E-state index < -0.39 is 11.2 Å². The number of hydrogen-bond donors (Lipinski definition) is 1. The zero-order valence-corrected chi connectivity index (χ0v) is 18.4. The minimum atomic E-state index is -0.487. The lowest BCUT2D eigenvalue weighted by molar-refractivity contribution is 0.102. The predicted molar refractivity (Wildman–Crippen MR) is 121 cm³/mol. The first-order valence-corrected chi connectivity index (χ1v) is 10.5. The third kappa shape index (κ3) is 4.52. The van der Waals surface area contributed by atoms with Crippen LogP contribution in [0.1, 0.15) is 49.0 Å². The van der Waals surface area contributed by atoms with Gasteiger partial charge in [0.15, 0.2) is 5.65 Å². The van der Waals surface area contributed by atoms with Gasteiger partial charge in [0.25, 0.3) is 11.5 Å². The summed E-state index contributed by atoms with van der Waals surface area (Å²) in [6.07, 6.45) is 5.08. The number of ether oxygens (including phenoxy) is 1. The smallest absolute Gasteiger partial charge is 0.332 e. The summed E-state index contributed by atoms with van der Waals surface area (Å²) in [5.74, 6) is 0.357. The van der Waals surface area contributed by atoms with Crippen LogP contribution in [0.2, 0.25) is 0 Å². The highest BCUT2D eigenvalue weighted by Gasteiger charge is 2.19. The zero-order valence-electron chi connectivity index (χ0n) is 18.4. The maximum Gasteiger partial charge on any atom is 0.332 e. The van der Waals surface area contributed by atoms with Crippen molar-refractivity contribution in [1.82, 2.24) is 14.1 Å². The minimum absolute atomic E-state index is 0.225. The molecule has 0 aliphatic carbocycles. The Morgan fingerprint density at radius 1 is 1.06 bits per heavy atom. The number of rotatable bonds is 8. The van der Waals surface area contributed by atoms with Gasteiger partial charge in [0.1, 0.15) is 11.1 Å². The third-order valence-electron chi connectivity index (χ3n) is 5.19. The van der Waals surface area contributed by atoms with Crippen molar-refractivity contribution in [1.29, 1.82) is 0 Å². The molecule has 0 unspecified atom stereocenters. The van der Waals surface area contributed by atoms with E-state index in [1.807, 2.05) is 6.92 Å². The Hall–Kier alpha value is -3.42. The summed E-state index contributed by atoms with van der Waals surface area (Å²) in [5.41, 5.74) is 0.873. The highest BCUT2D eigenvalue weighted by Crippen LogP contribution is 2.25. The molecule has 31 heavy (non-hydrogen) atoms. The number of unbranched alkanes of at least 4 members (excludes halogenated alkanes) is 1. The van der Waals surface area contributed by atoms with Gasteiger partial charge < -0.3 is 10.1 Å². The number of aromatic nitrogens is 3. The van der Waals surface area contributed by atoms with Crippen molar-refractivity contribution < 1.29 is 9.53 Å². The van der Waals surface area contributed by atoms with Gasteiger partial charge in [0.05, 0.1) is 12.3 Å². The molecule has 0 saturated heterocycles. The van der Waals surface area contributed by atoms with Crippen LogP contribution in [0.4, 0.5) is 5.69 Å². The Balaban J connectivity index is 2.01. The van der Waals surface area contributed by atoms with Crippen LogP contribution in [0.15, 0.2) is 40.1 Å². The highest BCUT2D eigenvalue weighted by atomic mass is 16.5. The Morgan fingerprint density at radius 3 is 2.42 bits per heavy atom. The van der Waals surface area contributed by atoms with Gasteiger partial charge in [0.2, 0.25) is 0 Å². The second kappa shape index (κ2) is 9.59. The second-order valence-electron chi connectivity index (χ2n) is 7.49. The van der Waals surface area contributed by atoms with E-state index in [9.17, 15) is 14.4 Å². The molecule has 0 saturated carbocycles. The van der Waals surface area contributed by atoms with Crippen LogP contribution >= 0.6 is 0 Å². The minimum Gasteiger partial charge on any atom is -0.494 e. The van der Waals surface area contributed by atoms with Crippen molar-refractivity contribution >= 4 is 22.6 Å². The topological polar surface area (TPSA) is 95.2 Å². The summed E-state index contributed by atoms with van der Waals surface area (Å²) in [7, 11) is 2.97. The van der Waals surface area contributed by atoms with Crippen LogP contribution in [0, 0.1) is 0 Å². The van der Waals surface area contributed by atoms with E-state index in [1.54, 1.807) is 37.5 Å². The molecule has 3 aromatic rings. The first-order chi connectivity index (χ1) is 14.9. The number of fused-ring (bicyclic) bond motifs is 1. The van der Waals surface area contributed by atoms with Gasteiger partial charge in [-0.15, -0.1) is 0 Å². The molecule has 0 aliphatic rings. The molecule has 1 aromatic carbocycles. The average molecular weight is 425 g/mol. The largest absolute Gasteiger partial charge is 0.494 e. The number of carbonyl (C=O) groups excluding carboxylic acids is 1. The molecule has 8 heteroatoms. The monoisotopic (exact) mass is 424 g/mol. The summed E-state index contributed by atoms with van der Waals surface area (Å²) >= 11 is 0. The van der Waals surface area contributed by atoms with Crippen LogP contribution < -0.4 is 21.3 Å². The molecular weight excluding hydrogens is 396 g/mol. The Kier molecular flexibility index (Phi) is 6.89. The number of pyridine rings is 1. The van der Waals surface area contributed by atoms with E-state index in [4.69, 9.17) is 4.74 Å². The Labute approximate surface area is 180 Å². The lowest BCUT2D eigenvalue weighted by Gasteiger charge is -2.15. The molecule has 0 spiro atoms. The zero-order chi connectivity index (χ0) is 22.5. The number of nitrogens with one attached hydrogen (secondary N) is 1. The van der Waals surface area contributed by atoms with Crippen LogP contribution in [0.5, 0.6) is 5.75 Å². The Morgan fingerprint density at radius 2 is 1.77 bits per heavy atom. The highest BCUT2D eigenvalue weighted by molar-refractivity contribution is 6.08. The summed E-state index contributed by atoms with van der Waals surface area (Å²) < 4.78 is 7.98. The van der Waals surface area contributed by atoms with Crippen molar-refractivity contribution in [2.24, 2.45) is 14.1 Å². The molecule has 0 atom stereocenters. The maximum absolute atomic E-state index is 13.0. The number of amides is 1. The van der Waals surface area contributed by atoms with E-state index in [-0.39, 0.29) is 16.9 Å². The summed E-state index contributed by atoms with van der Waals surface area (Å²) in [4.78, 5) is 42.5. The third-order valence-corrected chi connectivity index (χ3v) is 5.19. The number of anilines is 1. The molecule has 8 nitrogen and oxygen atoms in total. The molecule has 3 rings (SSSR count). The summed E-state index contributed by atoms with van der Waals surface area (Å²) in [5, 5.41) is 3.12. The van der Waals surface area contributed by atoms with Gasteiger partial charge in [-0.25, -0.2) is 9.78 Å². The molecule has 0 radical (unpaired) electrons. The number of hydrogen-bond acceptors (Lipinski definition) is 5. The number of aryl methyl sites for hydroxylation is 2. The number of nitrogens with zero attached hydrogens (tertiary/aromatic N) is 3. The SMILES string of the molecule is CCCCOc1ccc(C(=O)Nc2c(CCC)cnc3c2c(=O)n(C)c(=O)n3C)cc1. The van der Waals surface area contributed by atoms with Crippen molar-refractivity contribution in [2.75, 3.05) is 11.9 Å². The molecule has 1 amide bonds. The normalized spacial score (nSPS) is 11.0. The van der Waals surface area contributed by atoms with Crippen LogP contribution in [-0.4, -0.2) is 26.6 Å². The van der Waals surface area contributed by atoms with Gasteiger partial charge in [-0.2, -0.15) is 0 Å². The van der Waals surface area contributed by atoms with Crippen LogP contribution in [0.25, 0.3) is 11.0 Å². The Bertz CT molecular complexity index is 1210. The quantitative estimate of drug-likeness (QED) is 0.561. The predicted octanol–water partition coefficient (Wildman–Crippen LogP) is 3.02. The lowest BCUT2D eigenvalue weighted by atomic mass is 10.1. The fraction of sp³-hybridized carbons (Fsp3) is 0.391. The molecule has 2 heterocycles. The van der Waals surface area contributed by atoms with Gasteiger partial charge in [-0.3, -0.25) is 18.7 Å². The van der Waals surface area contributed by atoms with Gasteiger partial charge >= 0.3 is 5.69 Å². The first kappa shape index (κ1) is 22.3. The van der Waals surface area contributed by atoms with Crippen LogP contribution in [-0.2, 0) is 20.5 Å². The number of benzene rings is 1. The maximum atomic E-state index is 13.0. The van der Waals surface area contributed by atoms with Gasteiger partial charge in [-0.05, 0) is 42.7 Å². The number of carbonyl (C=O) groups is 1. The van der Waals surface area contributed by atoms with Crippen molar-refractivity contribution in [3.63, 3.8) is 0 Å². The van der Waals surface area contributed by atoms with E-state index >= 15 is 0 Å². The van der Waals surface area contributed by atoms with Crippen LogP contribution in [0.3, 0.4) is 0 Å². The van der Waals surface area contributed by atoms with Crippen molar-refractivity contribution in [3.8, 4) is 5.75 Å². The van der Waals surface area contributed by atoms with Crippen molar-refractivity contribution in [2.45, 2.75) is 39.5 Å². The van der Waals surface area contributed by atoms with E-state index in [2.05, 4.69) is 17.2 Å².